The fourth-order valence-electron chi connectivity index (χ4n) is 2.27. The second-order valence-electron chi connectivity index (χ2n) is 5.21. The lowest BCUT2D eigenvalue weighted by Gasteiger charge is -2.11. The first-order valence-corrected chi connectivity index (χ1v) is 7.84. The number of methoxy groups -OCH3 is 1. The number of anilines is 3. The molecule has 0 aliphatic heterocycles. The summed E-state index contributed by atoms with van der Waals surface area (Å²) in [4.78, 5) is 13.1. The molecule has 2 heterocycles. The molecule has 3 N–H and O–H groups in total. The van der Waals surface area contributed by atoms with Gasteiger partial charge < -0.3 is 20.5 Å². The number of hydrogen-bond acceptors (Lipinski definition) is 7. The van der Waals surface area contributed by atoms with Gasteiger partial charge in [-0.25, -0.2) is 4.98 Å². The maximum Gasteiger partial charge on any atom is 0.225 e. The van der Waals surface area contributed by atoms with Crippen LogP contribution in [0.4, 0.5) is 17.5 Å². The van der Waals surface area contributed by atoms with E-state index in [9.17, 15) is 0 Å². The summed E-state index contributed by atoms with van der Waals surface area (Å²) in [5, 5.41) is 15.3. The van der Waals surface area contributed by atoms with Crippen LogP contribution >= 0.6 is 0 Å². The molecule has 0 unspecified atom stereocenters. The Morgan fingerprint density at radius 3 is 2.80 bits per heavy atom. The van der Waals surface area contributed by atoms with Gasteiger partial charge in [-0.05, 0) is 24.3 Å². The predicted octanol–water partition coefficient (Wildman–Crippen LogP) is 2.69. The second kappa shape index (κ2) is 8.07. The summed E-state index contributed by atoms with van der Waals surface area (Å²) >= 11 is 0. The molecule has 2 aromatic heterocycles. The van der Waals surface area contributed by atoms with Crippen molar-refractivity contribution in [2.75, 3.05) is 30.9 Å². The topological polar surface area (TPSA) is 92.2 Å². The van der Waals surface area contributed by atoms with Crippen molar-refractivity contribution in [3.8, 4) is 17.0 Å². The highest BCUT2D eigenvalue weighted by molar-refractivity contribution is 5.67. The molecule has 0 fully saturated rings. The molecule has 0 radical (unpaired) electrons. The lowest BCUT2D eigenvalue weighted by atomic mass is 10.2. The molecule has 0 saturated heterocycles. The molecule has 1 aromatic carbocycles. The van der Waals surface area contributed by atoms with Crippen LogP contribution in [0.25, 0.3) is 11.3 Å². The normalized spacial score (nSPS) is 10.3. The van der Waals surface area contributed by atoms with Crippen LogP contribution in [-0.2, 0) is 0 Å². The van der Waals surface area contributed by atoms with Crippen LogP contribution in [0.1, 0.15) is 0 Å². The first kappa shape index (κ1) is 16.7. The zero-order valence-electron chi connectivity index (χ0n) is 13.8. The Kier molecular flexibility index (Phi) is 5.38. The van der Waals surface area contributed by atoms with Crippen molar-refractivity contribution in [3.63, 3.8) is 0 Å². The fraction of sp³-hybridized carbons (Fsp3) is 0.167. The van der Waals surface area contributed by atoms with Crippen LogP contribution in [0.5, 0.6) is 5.75 Å². The summed E-state index contributed by atoms with van der Waals surface area (Å²) in [6.07, 6.45) is 3.46. The third-order valence-electron chi connectivity index (χ3n) is 3.42. The number of nitrogens with zero attached hydrogens (tertiary/aromatic N) is 3. The molecule has 7 nitrogen and oxygen atoms in total. The van der Waals surface area contributed by atoms with Gasteiger partial charge in [0.1, 0.15) is 11.6 Å². The van der Waals surface area contributed by atoms with Crippen LogP contribution in [0.2, 0.25) is 0 Å². The van der Waals surface area contributed by atoms with E-state index in [0.717, 1.165) is 22.7 Å². The van der Waals surface area contributed by atoms with Gasteiger partial charge in [-0.15, -0.1) is 0 Å². The molecule has 3 aromatic rings. The van der Waals surface area contributed by atoms with Gasteiger partial charge in [-0.2, -0.15) is 4.98 Å². The predicted molar refractivity (Wildman–Crippen MR) is 97.1 cm³/mol. The van der Waals surface area contributed by atoms with Gasteiger partial charge in [0.25, 0.3) is 0 Å². The van der Waals surface area contributed by atoms with Crippen molar-refractivity contribution in [2.24, 2.45) is 0 Å². The van der Waals surface area contributed by atoms with Crippen molar-refractivity contribution < 1.29 is 9.84 Å². The summed E-state index contributed by atoms with van der Waals surface area (Å²) in [6.45, 7) is 0.369. The van der Waals surface area contributed by atoms with Gasteiger partial charge in [0, 0.05) is 42.3 Å². The smallest absolute Gasteiger partial charge is 0.225 e. The zero-order chi connectivity index (χ0) is 17.5. The highest BCUT2D eigenvalue weighted by Gasteiger charge is 2.08. The van der Waals surface area contributed by atoms with Gasteiger partial charge >= 0.3 is 0 Å². The van der Waals surface area contributed by atoms with Gasteiger partial charge in [0.15, 0.2) is 0 Å². The minimum atomic E-state index is -0.000867. The molecular formula is C18H19N5O2. The molecular weight excluding hydrogens is 318 g/mol. The number of aromatic nitrogens is 3. The van der Waals surface area contributed by atoms with Crippen molar-refractivity contribution in [3.05, 3.63) is 54.9 Å². The average molecular weight is 337 g/mol. The first-order chi connectivity index (χ1) is 12.3. The molecule has 7 heteroatoms. The van der Waals surface area contributed by atoms with E-state index in [1.165, 1.54) is 0 Å². The van der Waals surface area contributed by atoms with Crippen LogP contribution in [0.15, 0.2) is 54.9 Å². The van der Waals surface area contributed by atoms with E-state index in [0.29, 0.717) is 18.3 Å². The molecule has 0 bridgehead atoms. The molecule has 0 saturated carbocycles. The molecule has 25 heavy (non-hydrogen) atoms. The number of benzene rings is 1. The Hall–Kier alpha value is -3.19. The Labute approximate surface area is 145 Å². The van der Waals surface area contributed by atoms with Crippen LogP contribution in [0, 0.1) is 0 Å². The lowest BCUT2D eigenvalue weighted by Crippen LogP contribution is -2.10. The van der Waals surface area contributed by atoms with E-state index in [1.807, 2.05) is 42.5 Å². The summed E-state index contributed by atoms with van der Waals surface area (Å²) in [6, 6.07) is 13.2. The van der Waals surface area contributed by atoms with Gasteiger partial charge in [-0.1, -0.05) is 6.07 Å². The maximum absolute atomic E-state index is 9.02. The SMILES string of the molecule is COc1cccc(Nc2cc(-c3cccnc3)nc(NCCO)n2)c1. The highest BCUT2D eigenvalue weighted by Crippen LogP contribution is 2.24. The highest BCUT2D eigenvalue weighted by atomic mass is 16.5. The average Bonchev–Trinajstić information content (AvgIpc) is 2.67. The second-order valence-corrected chi connectivity index (χ2v) is 5.21. The van der Waals surface area contributed by atoms with E-state index in [2.05, 4.69) is 25.6 Å². The first-order valence-electron chi connectivity index (χ1n) is 7.84. The van der Waals surface area contributed by atoms with Crippen molar-refractivity contribution in [1.29, 1.82) is 0 Å². The molecule has 0 amide bonds. The molecule has 3 rings (SSSR count). The standard InChI is InChI=1S/C18H19N5O2/c1-25-15-6-2-5-14(10-15)21-17-11-16(13-4-3-7-19-12-13)22-18(23-17)20-8-9-24/h2-7,10-12,24H,8-9H2,1H3,(H2,20,21,22,23). The molecule has 0 aliphatic carbocycles. The van der Waals surface area contributed by atoms with Crippen molar-refractivity contribution >= 4 is 17.5 Å². The largest absolute Gasteiger partial charge is 0.497 e. The van der Waals surface area contributed by atoms with E-state index in [4.69, 9.17) is 9.84 Å². The minimum Gasteiger partial charge on any atom is -0.497 e. The van der Waals surface area contributed by atoms with E-state index >= 15 is 0 Å². The van der Waals surface area contributed by atoms with Gasteiger partial charge in [-0.3, -0.25) is 4.98 Å². The fourth-order valence-corrected chi connectivity index (χ4v) is 2.27. The van der Waals surface area contributed by atoms with E-state index in [-0.39, 0.29) is 6.61 Å². The number of rotatable bonds is 7. The number of pyridine rings is 1. The number of ether oxygens (including phenoxy) is 1. The monoisotopic (exact) mass is 337 g/mol. The molecule has 0 aliphatic rings. The Balaban J connectivity index is 1.93. The molecule has 0 atom stereocenters. The number of aliphatic hydroxyl groups excluding tert-OH is 1. The number of hydrogen-bond donors (Lipinski definition) is 3. The number of nitrogens with one attached hydrogen (secondary N) is 2. The Morgan fingerprint density at radius 2 is 2.04 bits per heavy atom. The Morgan fingerprint density at radius 1 is 1.12 bits per heavy atom. The van der Waals surface area contributed by atoms with E-state index in [1.54, 1.807) is 19.5 Å². The van der Waals surface area contributed by atoms with Crippen molar-refractivity contribution in [2.45, 2.75) is 0 Å². The quantitative estimate of drug-likeness (QED) is 0.610. The summed E-state index contributed by atoms with van der Waals surface area (Å²) < 4.78 is 5.24. The van der Waals surface area contributed by atoms with Crippen LogP contribution in [-0.4, -0.2) is 40.3 Å². The third-order valence-corrected chi connectivity index (χ3v) is 3.42. The number of aliphatic hydroxyl groups is 1. The summed E-state index contributed by atoms with van der Waals surface area (Å²) in [7, 11) is 1.63. The van der Waals surface area contributed by atoms with Gasteiger partial charge in [0.05, 0.1) is 19.4 Å². The Bertz CT molecular complexity index is 827. The van der Waals surface area contributed by atoms with Crippen LogP contribution < -0.4 is 15.4 Å². The summed E-state index contributed by atoms with van der Waals surface area (Å²) in [5.41, 5.74) is 2.46. The van der Waals surface area contributed by atoms with Crippen molar-refractivity contribution in [1.82, 2.24) is 15.0 Å². The molecule has 0 spiro atoms. The maximum atomic E-state index is 9.02. The molecule has 128 valence electrons. The van der Waals surface area contributed by atoms with E-state index < -0.39 is 0 Å². The third kappa shape index (κ3) is 4.42. The van der Waals surface area contributed by atoms with Crippen LogP contribution in [0.3, 0.4) is 0 Å². The van der Waals surface area contributed by atoms with Gasteiger partial charge in [0.2, 0.25) is 5.95 Å². The lowest BCUT2D eigenvalue weighted by molar-refractivity contribution is 0.311. The minimum absolute atomic E-state index is 0.000867. The summed E-state index contributed by atoms with van der Waals surface area (Å²) in [5.74, 6) is 1.81. The zero-order valence-corrected chi connectivity index (χ0v) is 13.8.